The van der Waals surface area contributed by atoms with Gasteiger partial charge in [0.1, 0.15) is 0 Å². The van der Waals surface area contributed by atoms with Crippen LogP contribution in [-0.2, 0) is 5.41 Å². The molecule has 56 heavy (non-hydrogen) atoms. The molecule has 0 aliphatic heterocycles. The van der Waals surface area contributed by atoms with Crippen molar-refractivity contribution in [2.45, 2.75) is 50.9 Å². The molecule has 270 valence electrons. The van der Waals surface area contributed by atoms with Gasteiger partial charge in [0.15, 0.2) is 17.5 Å². The van der Waals surface area contributed by atoms with Crippen LogP contribution in [0.1, 0.15) is 56.6 Å². The molecular weight excluding hydrogens is 681 g/mol. The van der Waals surface area contributed by atoms with Crippen LogP contribution in [0, 0.1) is 23.2 Å². The van der Waals surface area contributed by atoms with Crippen LogP contribution in [0.5, 0.6) is 0 Å². The van der Waals surface area contributed by atoms with E-state index in [1.807, 2.05) is 24.3 Å². The van der Waals surface area contributed by atoms with Gasteiger partial charge in [-0.3, -0.25) is 0 Å². The van der Waals surface area contributed by atoms with Crippen molar-refractivity contribution in [2.24, 2.45) is 11.8 Å². The van der Waals surface area contributed by atoms with E-state index in [-0.39, 0.29) is 0 Å². The van der Waals surface area contributed by atoms with Crippen molar-refractivity contribution in [2.75, 3.05) is 0 Å². The molecule has 8 aromatic rings. The van der Waals surface area contributed by atoms with E-state index in [9.17, 15) is 5.26 Å². The van der Waals surface area contributed by atoms with Gasteiger partial charge in [-0.2, -0.15) is 5.26 Å². The molecule has 3 atom stereocenters. The Kier molecular flexibility index (Phi) is 8.52. The average Bonchev–Trinajstić information content (AvgIpc) is 3.63. The van der Waals surface area contributed by atoms with Crippen molar-refractivity contribution >= 4 is 21.5 Å². The Morgan fingerprint density at radius 2 is 0.964 bits per heavy atom. The monoisotopic (exact) mass is 722 g/mol. The van der Waals surface area contributed by atoms with Crippen molar-refractivity contribution in [3.05, 3.63) is 163 Å². The molecule has 4 nitrogen and oxygen atoms in total. The second-order valence-corrected chi connectivity index (χ2v) is 15.9. The van der Waals surface area contributed by atoms with Crippen molar-refractivity contribution < 1.29 is 0 Å². The van der Waals surface area contributed by atoms with Gasteiger partial charge in [0.2, 0.25) is 0 Å². The van der Waals surface area contributed by atoms with E-state index in [0.29, 0.717) is 28.5 Å². The van der Waals surface area contributed by atoms with E-state index in [0.717, 1.165) is 55.8 Å². The third-order valence-corrected chi connectivity index (χ3v) is 12.8. The van der Waals surface area contributed by atoms with E-state index in [4.69, 9.17) is 15.0 Å². The number of aromatic nitrogens is 3. The summed E-state index contributed by atoms with van der Waals surface area (Å²) in [5, 5.41) is 14.1. The number of fused-ring (bicyclic) bond motifs is 5. The zero-order valence-electron chi connectivity index (χ0n) is 31.6. The highest BCUT2D eigenvalue weighted by molar-refractivity contribution is 6.21. The number of nitriles is 1. The molecular formula is C52H42N4. The molecule has 1 aromatic heterocycles. The van der Waals surface area contributed by atoms with Gasteiger partial charge in [-0.05, 0) is 111 Å². The minimum Gasteiger partial charge on any atom is -0.208 e. The molecule has 1 unspecified atom stereocenters. The first kappa shape index (κ1) is 34.1. The van der Waals surface area contributed by atoms with E-state index in [1.165, 1.54) is 60.6 Å². The fourth-order valence-electron chi connectivity index (χ4n) is 10.0. The van der Waals surface area contributed by atoms with Gasteiger partial charge in [-0.15, -0.1) is 0 Å². The maximum Gasteiger partial charge on any atom is 0.165 e. The molecule has 2 aliphatic carbocycles. The van der Waals surface area contributed by atoms with Crippen LogP contribution < -0.4 is 0 Å². The molecule has 1 heterocycles. The minimum absolute atomic E-state index is 0.326. The highest BCUT2D eigenvalue weighted by Gasteiger charge is 2.43. The maximum atomic E-state index is 9.54. The number of benzene rings is 7. The van der Waals surface area contributed by atoms with Gasteiger partial charge >= 0.3 is 0 Å². The number of nitrogens with zero attached hydrogens (tertiary/aromatic N) is 4. The van der Waals surface area contributed by atoms with Crippen LogP contribution in [-0.4, -0.2) is 15.0 Å². The highest BCUT2D eigenvalue weighted by Crippen LogP contribution is 2.53. The van der Waals surface area contributed by atoms with Crippen molar-refractivity contribution in [3.8, 4) is 62.5 Å². The van der Waals surface area contributed by atoms with E-state index in [1.54, 1.807) is 0 Å². The molecule has 10 rings (SSSR count). The van der Waals surface area contributed by atoms with Gasteiger partial charge in [0.25, 0.3) is 0 Å². The summed E-state index contributed by atoms with van der Waals surface area (Å²) in [4.78, 5) is 15.6. The van der Waals surface area contributed by atoms with Crippen LogP contribution in [0.15, 0.2) is 152 Å². The summed E-state index contributed by atoms with van der Waals surface area (Å²) >= 11 is 0. The summed E-state index contributed by atoms with van der Waals surface area (Å²) < 4.78 is 0. The summed E-state index contributed by atoms with van der Waals surface area (Å²) in [6, 6.07) is 55.5. The zero-order chi connectivity index (χ0) is 37.6. The van der Waals surface area contributed by atoms with E-state index < -0.39 is 0 Å². The Bertz CT molecular complexity index is 2750. The Balaban J connectivity index is 1.10. The molecule has 0 radical (unpaired) electrons. The molecule has 2 fully saturated rings. The smallest absolute Gasteiger partial charge is 0.165 e. The zero-order valence-corrected chi connectivity index (χ0v) is 31.6. The van der Waals surface area contributed by atoms with Crippen molar-refractivity contribution in [1.82, 2.24) is 15.0 Å². The lowest BCUT2D eigenvalue weighted by Crippen LogP contribution is -2.33. The Hall–Kier alpha value is -6.44. The second kappa shape index (κ2) is 14.0. The van der Waals surface area contributed by atoms with Crippen molar-refractivity contribution in [3.63, 3.8) is 0 Å². The number of hydrogen-bond donors (Lipinski definition) is 0. The van der Waals surface area contributed by atoms with Gasteiger partial charge in [0, 0.05) is 22.3 Å². The van der Waals surface area contributed by atoms with Gasteiger partial charge < -0.3 is 0 Å². The molecule has 2 saturated carbocycles. The fraction of sp³-hybridized carbons (Fsp3) is 0.192. The lowest BCUT2D eigenvalue weighted by molar-refractivity contribution is 0.207. The summed E-state index contributed by atoms with van der Waals surface area (Å²) in [5.74, 6) is 3.57. The second-order valence-electron chi connectivity index (χ2n) is 15.9. The SMILES string of the molecule is CCC1(c2ccc(-c3ccc(-c4nc(-c5ccc(C#N)cc5)nc(-c5c(-c6ccccc6)c6ccccc6c6ccccc56)n4)cc3)cc2)C[C@@H]2CC[C@@H](C2)C1. The van der Waals surface area contributed by atoms with Crippen LogP contribution in [0.2, 0.25) is 0 Å². The normalized spacial score (nSPS) is 18.9. The van der Waals surface area contributed by atoms with Crippen molar-refractivity contribution in [1.29, 1.82) is 5.26 Å². The first-order valence-electron chi connectivity index (χ1n) is 20.1. The summed E-state index contributed by atoms with van der Waals surface area (Å²) in [6.45, 7) is 2.39. The molecule has 0 amide bonds. The first-order chi connectivity index (χ1) is 27.6. The van der Waals surface area contributed by atoms with Crippen LogP contribution in [0.25, 0.3) is 78.0 Å². The third kappa shape index (κ3) is 5.96. The molecule has 2 bridgehead atoms. The molecule has 4 heteroatoms. The minimum atomic E-state index is 0.326. The Morgan fingerprint density at radius 3 is 1.52 bits per heavy atom. The maximum absolute atomic E-state index is 9.54. The van der Waals surface area contributed by atoms with E-state index >= 15 is 0 Å². The van der Waals surface area contributed by atoms with Crippen LogP contribution in [0.3, 0.4) is 0 Å². The Morgan fingerprint density at radius 1 is 0.500 bits per heavy atom. The number of rotatable bonds is 7. The Labute approximate surface area is 328 Å². The van der Waals surface area contributed by atoms with Gasteiger partial charge in [0.05, 0.1) is 11.6 Å². The lowest BCUT2D eigenvalue weighted by atomic mass is 9.64. The van der Waals surface area contributed by atoms with E-state index in [2.05, 4.69) is 140 Å². The van der Waals surface area contributed by atoms with Crippen LogP contribution >= 0.6 is 0 Å². The highest BCUT2D eigenvalue weighted by atomic mass is 15.0. The third-order valence-electron chi connectivity index (χ3n) is 12.8. The lowest BCUT2D eigenvalue weighted by Gasteiger charge is -2.41. The molecule has 2 aliphatic rings. The number of hydrogen-bond acceptors (Lipinski definition) is 4. The predicted octanol–water partition coefficient (Wildman–Crippen LogP) is 13.2. The molecule has 0 spiro atoms. The summed E-state index contributed by atoms with van der Waals surface area (Å²) in [5.41, 5.74) is 9.72. The standard InChI is InChI=1S/C52H42N4/c1-2-52(31-35-16-17-36(30-35)32-52)42-28-26-38(27-29-42)37-22-24-41(25-23-37)50-54-49(40-20-18-34(33-53)19-21-40)55-51(56-50)48-46-15-9-7-13-44(46)43-12-6-8-14-45(43)47(48)39-10-4-3-5-11-39/h3-15,18-29,35-36H,2,16-17,30-32H2,1H3/t35-,36+,52?. The van der Waals surface area contributed by atoms with Gasteiger partial charge in [-0.25, -0.2) is 15.0 Å². The first-order valence-corrected chi connectivity index (χ1v) is 20.1. The van der Waals surface area contributed by atoms with Gasteiger partial charge in [-0.1, -0.05) is 147 Å². The largest absolute Gasteiger partial charge is 0.208 e. The summed E-state index contributed by atoms with van der Waals surface area (Å²) in [7, 11) is 0. The average molecular weight is 723 g/mol. The topological polar surface area (TPSA) is 62.5 Å². The molecule has 0 saturated heterocycles. The fourth-order valence-corrected chi connectivity index (χ4v) is 10.0. The van der Waals surface area contributed by atoms with Crippen LogP contribution in [0.4, 0.5) is 0 Å². The summed E-state index contributed by atoms with van der Waals surface area (Å²) in [6.07, 6.45) is 8.18. The quantitative estimate of drug-likeness (QED) is 0.154. The molecule has 0 N–H and O–H groups in total. The molecule has 7 aromatic carbocycles. The predicted molar refractivity (Wildman–Crippen MR) is 229 cm³/mol.